The monoisotopic (exact) mass is 642 g/mol. The third-order valence-corrected chi connectivity index (χ3v) is 8.26. The van der Waals surface area contributed by atoms with Crippen molar-refractivity contribution in [3.63, 3.8) is 0 Å². The van der Waals surface area contributed by atoms with Gasteiger partial charge in [-0.25, -0.2) is 4.79 Å². The lowest BCUT2D eigenvalue weighted by Crippen LogP contribution is -2.46. The number of carbonyl (C=O) groups excluding carboxylic acids is 3. The van der Waals surface area contributed by atoms with Gasteiger partial charge in [-0.2, -0.15) is 0 Å². The fourth-order valence-electron chi connectivity index (χ4n) is 5.47. The van der Waals surface area contributed by atoms with E-state index in [0.717, 1.165) is 48.3 Å². The number of hydrogen-bond donors (Lipinski definition) is 2. The second-order valence-electron chi connectivity index (χ2n) is 13.3. The highest BCUT2D eigenvalue weighted by atomic mass is 16.6. The smallest absolute Gasteiger partial charge is 0.334 e. The number of methoxy groups -OCH3 is 1. The summed E-state index contributed by atoms with van der Waals surface area (Å²) in [4.78, 5) is 39.4. The normalized spacial score (nSPS) is 12.4. The summed E-state index contributed by atoms with van der Waals surface area (Å²) >= 11 is 0. The Hall–Kier alpha value is -4.13. The van der Waals surface area contributed by atoms with Gasteiger partial charge in [0, 0.05) is 19.4 Å². The van der Waals surface area contributed by atoms with Gasteiger partial charge in [0.15, 0.2) is 11.5 Å². The van der Waals surface area contributed by atoms with Crippen LogP contribution < -0.4 is 20.1 Å². The molecule has 47 heavy (non-hydrogen) atoms. The van der Waals surface area contributed by atoms with E-state index < -0.39 is 17.9 Å². The molecule has 2 N–H and O–H groups in total. The van der Waals surface area contributed by atoms with Crippen LogP contribution in [0, 0.1) is 11.8 Å². The lowest BCUT2D eigenvalue weighted by molar-refractivity contribution is -0.139. The molecule has 0 bridgehead atoms. The minimum absolute atomic E-state index is 0.0172. The Morgan fingerprint density at radius 2 is 1.36 bits per heavy atom. The van der Waals surface area contributed by atoms with Gasteiger partial charge in [0.05, 0.1) is 13.0 Å². The minimum atomic E-state index is -0.915. The fraction of sp³-hybridized carbons (Fsp3) is 0.475. The number of rotatable bonds is 19. The highest BCUT2D eigenvalue weighted by Crippen LogP contribution is 2.29. The summed E-state index contributed by atoms with van der Waals surface area (Å²) in [5.74, 6) is 0.601. The van der Waals surface area contributed by atoms with Crippen molar-refractivity contribution in [3.8, 4) is 11.5 Å². The van der Waals surface area contributed by atoms with Crippen LogP contribution in [0.1, 0.15) is 101 Å². The molecule has 0 saturated heterocycles. The van der Waals surface area contributed by atoms with Crippen molar-refractivity contribution in [1.82, 2.24) is 10.6 Å². The molecule has 3 rings (SSSR count). The number of benzene rings is 3. The van der Waals surface area contributed by atoms with Gasteiger partial charge < -0.3 is 20.1 Å². The molecule has 0 radical (unpaired) electrons. The largest absolute Gasteiger partial charge is 0.493 e. The molecule has 0 aliphatic heterocycles. The van der Waals surface area contributed by atoms with Crippen LogP contribution in [0.15, 0.2) is 72.8 Å². The number of unbranched alkanes of at least 4 members (excludes halogenated alkanes) is 3. The summed E-state index contributed by atoms with van der Waals surface area (Å²) in [6.45, 7) is 11.0. The molecule has 2 amide bonds. The number of amides is 2. The fourth-order valence-corrected chi connectivity index (χ4v) is 5.47. The zero-order chi connectivity index (χ0) is 34.2. The second-order valence-corrected chi connectivity index (χ2v) is 13.3. The van der Waals surface area contributed by atoms with E-state index in [1.54, 1.807) is 18.2 Å². The topological polar surface area (TPSA) is 93.7 Å². The molecule has 2 unspecified atom stereocenters. The molecule has 0 spiro atoms. The maximum absolute atomic E-state index is 13.6. The van der Waals surface area contributed by atoms with E-state index in [1.807, 2.05) is 49.4 Å². The van der Waals surface area contributed by atoms with Gasteiger partial charge in [0.1, 0.15) is 6.04 Å². The minimum Gasteiger partial charge on any atom is -0.493 e. The molecule has 3 aromatic rings. The van der Waals surface area contributed by atoms with Crippen molar-refractivity contribution in [2.45, 2.75) is 104 Å². The predicted octanol–water partition coefficient (Wildman–Crippen LogP) is 7.94. The van der Waals surface area contributed by atoms with Gasteiger partial charge in [-0.3, -0.25) is 9.59 Å². The summed E-state index contributed by atoms with van der Waals surface area (Å²) in [5.41, 5.74) is 3.84. The first-order valence-electron chi connectivity index (χ1n) is 17.1. The maximum atomic E-state index is 13.6. The van der Waals surface area contributed by atoms with Crippen LogP contribution in [0.5, 0.6) is 11.5 Å². The third-order valence-electron chi connectivity index (χ3n) is 8.26. The molecule has 7 nitrogen and oxygen atoms in total. The van der Waals surface area contributed by atoms with E-state index in [1.165, 1.54) is 25.5 Å². The van der Waals surface area contributed by atoms with Crippen molar-refractivity contribution >= 4 is 17.8 Å². The molecule has 254 valence electrons. The Morgan fingerprint density at radius 3 is 2.02 bits per heavy atom. The molecule has 3 aromatic carbocycles. The Labute approximate surface area is 281 Å². The zero-order valence-corrected chi connectivity index (χ0v) is 29.1. The van der Waals surface area contributed by atoms with Gasteiger partial charge >= 0.3 is 5.97 Å². The van der Waals surface area contributed by atoms with E-state index in [-0.39, 0.29) is 24.0 Å². The Balaban J connectivity index is 1.62. The van der Waals surface area contributed by atoms with Crippen LogP contribution in [0.4, 0.5) is 0 Å². The maximum Gasteiger partial charge on any atom is 0.334 e. The van der Waals surface area contributed by atoms with Gasteiger partial charge in [0.25, 0.3) is 0 Å². The van der Waals surface area contributed by atoms with Crippen LogP contribution >= 0.6 is 0 Å². The summed E-state index contributed by atoms with van der Waals surface area (Å²) in [7, 11) is 1.51. The number of esters is 1. The summed E-state index contributed by atoms with van der Waals surface area (Å²) in [5, 5.41) is 5.92. The Bertz CT molecular complexity index is 1400. The summed E-state index contributed by atoms with van der Waals surface area (Å²) in [6, 6.07) is 21.9. The standard InChI is InChI=1S/C40H54N2O5/c1-28(2)14-10-7-8-13-17-38(43)41-27-33-20-23-36(37(26-33)46-6)47-40(45)35(25-31-15-11-9-12-16-31)42-39(44)30(5)34-21-18-32(19-22-34)24-29(3)4/h9,11-12,15-16,18-23,26,28-30,35H,7-8,10,13-14,17,24-25,27H2,1-6H3,(H,41,43)(H,42,44). The van der Waals surface area contributed by atoms with Gasteiger partial charge in [-0.05, 0) is 66.0 Å². The number of ether oxygens (including phenoxy) is 2. The van der Waals surface area contributed by atoms with E-state index in [4.69, 9.17) is 9.47 Å². The highest BCUT2D eigenvalue weighted by molar-refractivity contribution is 5.89. The molecular formula is C40H54N2O5. The number of nitrogens with one attached hydrogen (secondary N) is 2. The van der Waals surface area contributed by atoms with Crippen molar-refractivity contribution in [2.24, 2.45) is 11.8 Å². The molecular weight excluding hydrogens is 588 g/mol. The van der Waals surface area contributed by atoms with Crippen LogP contribution in [-0.2, 0) is 33.8 Å². The second kappa shape index (κ2) is 19.5. The van der Waals surface area contributed by atoms with E-state index in [2.05, 4.69) is 50.5 Å². The van der Waals surface area contributed by atoms with Crippen LogP contribution in [0.25, 0.3) is 0 Å². The van der Waals surface area contributed by atoms with Crippen LogP contribution in [0.2, 0.25) is 0 Å². The first kappa shape index (κ1) is 37.3. The molecule has 2 atom stereocenters. The van der Waals surface area contributed by atoms with Gasteiger partial charge in [-0.15, -0.1) is 0 Å². The summed E-state index contributed by atoms with van der Waals surface area (Å²) < 4.78 is 11.4. The Morgan fingerprint density at radius 1 is 0.702 bits per heavy atom. The van der Waals surface area contributed by atoms with Crippen molar-refractivity contribution in [1.29, 1.82) is 0 Å². The van der Waals surface area contributed by atoms with E-state index >= 15 is 0 Å². The van der Waals surface area contributed by atoms with Gasteiger partial charge in [-0.1, -0.05) is 114 Å². The van der Waals surface area contributed by atoms with Crippen LogP contribution in [0.3, 0.4) is 0 Å². The summed E-state index contributed by atoms with van der Waals surface area (Å²) in [6.07, 6.45) is 7.29. The number of hydrogen-bond acceptors (Lipinski definition) is 5. The lowest BCUT2D eigenvalue weighted by atomic mass is 9.95. The molecule has 0 aromatic heterocycles. The third kappa shape index (κ3) is 13.3. The molecule has 0 aliphatic rings. The van der Waals surface area contributed by atoms with Crippen LogP contribution in [-0.4, -0.2) is 30.9 Å². The first-order valence-corrected chi connectivity index (χ1v) is 17.1. The molecule has 0 heterocycles. The lowest BCUT2D eigenvalue weighted by Gasteiger charge is -2.21. The average Bonchev–Trinajstić information content (AvgIpc) is 3.05. The van der Waals surface area contributed by atoms with Crippen molar-refractivity contribution in [3.05, 3.63) is 95.1 Å². The Kier molecular flexibility index (Phi) is 15.5. The molecule has 0 aliphatic carbocycles. The zero-order valence-electron chi connectivity index (χ0n) is 29.1. The molecule has 7 heteroatoms. The van der Waals surface area contributed by atoms with Crippen molar-refractivity contribution < 1.29 is 23.9 Å². The molecule has 0 fully saturated rings. The SMILES string of the molecule is COc1cc(CNC(=O)CCCCCCC(C)C)ccc1OC(=O)C(Cc1ccccc1)NC(=O)C(C)c1ccc(CC(C)C)cc1. The predicted molar refractivity (Wildman–Crippen MR) is 188 cm³/mol. The van der Waals surface area contributed by atoms with Crippen molar-refractivity contribution in [2.75, 3.05) is 7.11 Å². The highest BCUT2D eigenvalue weighted by Gasteiger charge is 2.27. The average molecular weight is 643 g/mol. The molecule has 0 saturated carbocycles. The van der Waals surface area contributed by atoms with E-state index in [0.29, 0.717) is 24.6 Å². The van der Waals surface area contributed by atoms with Gasteiger partial charge in [0.2, 0.25) is 11.8 Å². The first-order chi connectivity index (χ1) is 22.5. The number of carbonyl (C=O) groups is 3. The van der Waals surface area contributed by atoms with E-state index in [9.17, 15) is 14.4 Å². The quantitative estimate of drug-likeness (QED) is 0.0787.